The first kappa shape index (κ1) is 18.7. The summed E-state index contributed by atoms with van der Waals surface area (Å²) in [6, 6.07) is 4.36. The number of hydrogen-bond donors (Lipinski definition) is 1. The van der Waals surface area contributed by atoms with Crippen LogP contribution in [0.2, 0.25) is 0 Å². The maximum atomic E-state index is 13.4. The smallest absolute Gasteiger partial charge is 0.288 e. The molecule has 1 aromatic rings. The fraction of sp³-hybridized carbons (Fsp3) is 0.588. The monoisotopic (exact) mass is 346 g/mol. The van der Waals surface area contributed by atoms with Crippen molar-refractivity contribution >= 4 is 5.91 Å². The molecule has 1 heterocycles. The molecule has 0 aliphatic carbocycles. The van der Waals surface area contributed by atoms with E-state index in [9.17, 15) is 22.4 Å². The predicted molar refractivity (Wildman–Crippen MR) is 82.5 cm³/mol. The third-order valence-electron chi connectivity index (χ3n) is 4.26. The van der Waals surface area contributed by atoms with Crippen molar-refractivity contribution in [2.24, 2.45) is 0 Å². The highest BCUT2D eigenvalue weighted by atomic mass is 19.4. The maximum absolute atomic E-state index is 13.4. The van der Waals surface area contributed by atoms with E-state index in [0.29, 0.717) is 19.3 Å². The van der Waals surface area contributed by atoms with Gasteiger partial charge in [0.15, 0.2) is 0 Å². The van der Waals surface area contributed by atoms with Crippen LogP contribution in [0.1, 0.15) is 45.1 Å². The van der Waals surface area contributed by atoms with Crippen molar-refractivity contribution in [3.63, 3.8) is 0 Å². The van der Waals surface area contributed by atoms with Crippen molar-refractivity contribution < 1.29 is 22.4 Å². The fourth-order valence-electron chi connectivity index (χ4n) is 3.10. The zero-order chi connectivity index (χ0) is 18.0. The summed E-state index contributed by atoms with van der Waals surface area (Å²) in [6.45, 7) is 3.24. The summed E-state index contributed by atoms with van der Waals surface area (Å²) in [5.41, 5.74) is 2.24. The average molecular weight is 346 g/mol. The van der Waals surface area contributed by atoms with Crippen LogP contribution >= 0.6 is 0 Å². The molecule has 134 valence electrons. The minimum absolute atomic E-state index is 0.0445. The van der Waals surface area contributed by atoms with Gasteiger partial charge >= 0.3 is 6.18 Å². The number of hydrazine groups is 1. The molecule has 1 amide bonds. The van der Waals surface area contributed by atoms with Gasteiger partial charge in [-0.25, -0.2) is 9.40 Å². The van der Waals surface area contributed by atoms with E-state index >= 15 is 0 Å². The van der Waals surface area contributed by atoms with Crippen LogP contribution in [0.5, 0.6) is 0 Å². The highest BCUT2D eigenvalue weighted by molar-refractivity contribution is 5.78. The molecule has 2 rings (SSSR count). The first-order valence-corrected chi connectivity index (χ1v) is 7.99. The Labute approximate surface area is 139 Å². The van der Waals surface area contributed by atoms with Crippen LogP contribution in [-0.4, -0.2) is 28.7 Å². The van der Waals surface area contributed by atoms with Gasteiger partial charge in [0.05, 0.1) is 0 Å². The van der Waals surface area contributed by atoms with Gasteiger partial charge in [0.1, 0.15) is 11.9 Å². The summed E-state index contributed by atoms with van der Waals surface area (Å²) in [6.07, 6.45) is -3.10. The molecular formula is C17H22F4N2O. The molecule has 0 saturated carbocycles. The summed E-state index contributed by atoms with van der Waals surface area (Å²) < 4.78 is 53.3. The fourth-order valence-corrected chi connectivity index (χ4v) is 3.10. The molecule has 3 nitrogen and oxygen atoms in total. The van der Waals surface area contributed by atoms with Gasteiger partial charge in [-0.1, -0.05) is 18.6 Å². The van der Waals surface area contributed by atoms with E-state index in [4.69, 9.17) is 0 Å². The lowest BCUT2D eigenvalue weighted by Gasteiger charge is -2.37. The van der Waals surface area contributed by atoms with Crippen LogP contribution in [0.4, 0.5) is 17.6 Å². The van der Waals surface area contributed by atoms with E-state index in [1.165, 1.54) is 12.1 Å². The molecule has 1 aliphatic heterocycles. The molecule has 24 heavy (non-hydrogen) atoms. The van der Waals surface area contributed by atoms with Crippen LogP contribution in [0.15, 0.2) is 24.3 Å². The Morgan fingerprint density at radius 2 is 2.00 bits per heavy atom. The molecule has 1 fully saturated rings. The van der Waals surface area contributed by atoms with Gasteiger partial charge in [-0.05, 0) is 50.8 Å². The van der Waals surface area contributed by atoms with Gasteiger partial charge in [0.25, 0.3) is 0 Å². The average Bonchev–Trinajstić information content (AvgIpc) is 2.70. The summed E-state index contributed by atoms with van der Waals surface area (Å²) in [7, 11) is 0. The quantitative estimate of drug-likeness (QED) is 0.624. The number of nitrogens with zero attached hydrogens (tertiary/aromatic N) is 1. The van der Waals surface area contributed by atoms with Crippen LogP contribution in [0.3, 0.4) is 0 Å². The van der Waals surface area contributed by atoms with E-state index in [1.807, 2.05) is 0 Å². The lowest BCUT2D eigenvalue weighted by molar-refractivity contribution is -0.202. The molecule has 1 saturated heterocycles. The van der Waals surface area contributed by atoms with Gasteiger partial charge in [-0.3, -0.25) is 10.2 Å². The van der Waals surface area contributed by atoms with Crippen molar-refractivity contribution in [1.29, 1.82) is 0 Å². The lowest BCUT2D eigenvalue weighted by atomic mass is 9.97. The molecule has 1 N–H and O–H groups in total. The lowest BCUT2D eigenvalue weighted by Crippen LogP contribution is -2.56. The van der Waals surface area contributed by atoms with Crippen LogP contribution in [0, 0.1) is 5.82 Å². The van der Waals surface area contributed by atoms with Crippen molar-refractivity contribution in [3.05, 3.63) is 35.6 Å². The molecule has 1 aromatic carbocycles. The number of amides is 1. The van der Waals surface area contributed by atoms with E-state index in [2.05, 4.69) is 5.43 Å². The zero-order valence-electron chi connectivity index (χ0n) is 13.8. The largest absolute Gasteiger partial charge is 0.405 e. The molecule has 1 atom stereocenters. The molecule has 0 spiro atoms. The van der Waals surface area contributed by atoms with Crippen LogP contribution in [-0.2, 0) is 11.2 Å². The van der Waals surface area contributed by atoms with E-state index < -0.39 is 23.7 Å². The Hall–Kier alpha value is -1.63. The van der Waals surface area contributed by atoms with Crippen molar-refractivity contribution in [1.82, 2.24) is 10.4 Å². The minimum atomic E-state index is -4.42. The maximum Gasteiger partial charge on any atom is 0.405 e. The van der Waals surface area contributed by atoms with E-state index in [1.54, 1.807) is 26.0 Å². The Morgan fingerprint density at radius 1 is 1.29 bits per heavy atom. The van der Waals surface area contributed by atoms with Crippen molar-refractivity contribution in [2.75, 3.05) is 0 Å². The molecule has 0 radical (unpaired) electrons. The molecular weight excluding hydrogens is 324 g/mol. The second-order valence-electron chi connectivity index (χ2n) is 6.83. The number of hydrogen-bond acceptors (Lipinski definition) is 2. The molecule has 0 aromatic heterocycles. The van der Waals surface area contributed by atoms with Gasteiger partial charge < -0.3 is 0 Å². The Kier molecular flexibility index (Phi) is 5.52. The summed E-state index contributed by atoms with van der Waals surface area (Å²) >= 11 is 0. The molecule has 1 unspecified atom stereocenters. The second kappa shape index (κ2) is 7.09. The minimum Gasteiger partial charge on any atom is -0.288 e. The first-order chi connectivity index (χ1) is 11.1. The van der Waals surface area contributed by atoms with Crippen molar-refractivity contribution in [3.8, 4) is 0 Å². The predicted octanol–water partition coefficient (Wildman–Crippen LogP) is 3.98. The summed E-state index contributed by atoms with van der Waals surface area (Å²) in [4.78, 5) is 11.5. The molecule has 1 aliphatic rings. The Morgan fingerprint density at radius 3 is 2.54 bits per heavy atom. The number of halogens is 4. The number of benzene rings is 1. The number of aryl methyl sites for hydroxylation is 1. The highest BCUT2D eigenvalue weighted by Crippen LogP contribution is 2.35. The van der Waals surface area contributed by atoms with E-state index in [-0.39, 0.29) is 18.7 Å². The third-order valence-corrected chi connectivity index (χ3v) is 4.26. The van der Waals surface area contributed by atoms with Crippen LogP contribution < -0.4 is 5.43 Å². The third kappa shape index (κ3) is 4.69. The number of alkyl halides is 3. The summed E-state index contributed by atoms with van der Waals surface area (Å²) in [5, 5.41) is 1.04. The Balaban J connectivity index is 1.94. The van der Waals surface area contributed by atoms with Gasteiger partial charge in [-0.2, -0.15) is 13.2 Å². The number of carbonyl (C=O) groups is 1. The van der Waals surface area contributed by atoms with E-state index in [0.717, 1.165) is 10.6 Å². The molecule has 0 bridgehead atoms. The van der Waals surface area contributed by atoms with Gasteiger partial charge in [0.2, 0.25) is 5.91 Å². The topological polar surface area (TPSA) is 32.3 Å². The van der Waals surface area contributed by atoms with Crippen LogP contribution in [0.25, 0.3) is 0 Å². The highest BCUT2D eigenvalue weighted by Gasteiger charge is 2.51. The molecule has 7 heteroatoms. The number of nitrogens with one attached hydrogen (secondary N) is 1. The number of unbranched alkanes of at least 4 members (excludes halogenated alkanes) is 1. The zero-order valence-corrected chi connectivity index (χ0v) is 13.8. The standard InChI is InChI=1S/C17H22F4N2O/c1-16(2)11-15(24)22-23(16)14(17(19,20)21)9-4-3-6-12-7-5-8-13(18)10-12/h5,7-8,10,14H,3-4,6,9,11H2,1-2H3,(H,22,24). The Bertz CT molecular complexity index is 586. The van der Waals surface area contributed by atoms with Crippen molar-refractivity contribution in [2.45, 2.75) is 63.7 Å². The SMILES string of the molecule is CC1(C)CC(=O)NN1C(CCCCc1cccc(F)c1)C(F)(F)F. The summed E-state index contributed by atoms with van der Waals surface area (Å²) in [5.74, 6) is -0.740. The normalized spacial score (nSPS) is 19.3. The first-order valence-electron chi connectivity index (χ1n) is 7.99. The number of rotatable bonds is 6. The number of carbonyl (C=O) groups excluding carboxylic acids is 1. The van der Waals surface area contributed by atoms with Gasteiger partial charge in [0, 0.05) is 12.0 Å². The second-order valence-corrected chi connectivity index (χ2v) is 6.83. The van der Waals surface area contributed by atoms with Gasteiger partial charge in [-0.15, -0.1) is 0 Å².